The SMILES string of the molecule is CCCN(Cc1c(-c2ccccc2F)noc1N1CCOCC1)C(=O)NC(C)C. The summed E-state index contributed by atoms with van der Waals surface area (Å²) in [6.45, 7) is 9.20. The van der Waals surface area contributed by atoms with E-state index in [0.717, 1.165) is 6.42 Å². The normalized spacial score (nSPS) is 14.3. The van der Waals surface area contributed by atoms with E-state index in [-0.39, 0.29) is 24.4 Å². The molecule has 29 heavy (non-hydrogen) atoms. The van der Waals surface area contributed by atoms with Crippen LogP contribution in [0.1, 0.15) is 32.8 Å². The molecule has 8 heteroatoms. The maximum Gasteiger partial charge on any atom is 0.317 e. The zero-order valence-corrected chi connectivity index (χ0v) is 17.3. The fourth-order valence-corrected chi connectivity index (χ4v) is 3.37. The van der Waals surface area contributed by atoms with Crippen LogP contribution in [-0.2, 0) is 11.3 Å². The number of rotatable bonds is 7. The third-order valence-electron chi connectivity index (χ3n) is 4.74. The zero-order valence-electron chi connectivity index (χ0n) is 17.3. The lowest BCUT2D eigenvalue weighted by molar-refractivity contribution is 0.120. The molecule has 0 atom stereocenters. The summed E-state index contributed by atoms with van der Waals surface area (Å²) in [4.78, 5) is 16.5. The summed E-state index contributed by atoms with van der Waals surface area (Å²) < 4.78 is 25.6. The number of nitrogens with zero attached hydrogens (tertiary/aromatic N) is 3. The van der Waals surface area contributed by atoms with E-state index >= 15 is 0 Å². The molecule has 0 radical (unpaired) electrons. The van der Waals surface area contributed by atoms with Crippen molar-refractivity contribution in [3.63, 3.8) is 0 Å². The van der Waals surface area contributed by atoms with Gasteiger partial charge in [0.1, 0.15) is 11.5 Å². The Hall–Kier alpha value is -2.61. The predicted octanol–water partition coefficient (Wildman–Crippen LogP) is 3.65. The third-order valence-corrected chi connectivity index (χ3v) is 4.74. The van der Waals surface area contributed by atoms with E-state index in [1.165, 1.54) is 6.07 Å². The standard InChI is InChI=1S/C21H29FN4O3/c1-4-9-26(21(27)23-15(2)3)14-17-19(16-7-5-6-8-18(16)22)24-29-20(17)25-10-12-28-13-11-25/h5-8,15H,4,9-14H2,1-3H3,(H,23,27). The average molecular weight is 404 g/mol. The van der Waals surface area contributed by atoms with Crippen LogP contribution >= 0.6 is 0 Å². The number of anilines is 1. The van der Waals surface area contributed by atoms with Crippen LogP contribution in [0.4, 0.5) is 15.1 Å². The highest BCUT2D eigenvalue weighted by atomic mass is 19.1. The molecule has 1 fully saturated rings. The van der Waals surface area contributed by atoms with Gasteiger partial charge in [-0.2, -0.15) is 0 Å². The monoisotopic (exact) mass is 404 g/mol. The predicted molar refractivity (Wildman–Crippen MR) is 109 cm³/mol. The van der Waals surface area contributed by atoms with Crippen molar-refractivity contribution in [2.75, 3.05) is 37.7 Å². The Balaban J connectivity index is 1.99. The fourth-order valence-electron chi connectivity index (χ4n) is 3.37. The molecule has 0 aliphatic carbocycles. The van der Waals surface area contributed by atoms with E-state index in [1.807, 2.05) is 25.7 Å². The van der Waals surface area contributed by atoms with Gasteiger partial charge in [0.2, 0.25) is 5.88 Å². The number of nitrogens with one attached hydrogen (secondary N) is 1. The third kappa shape index (κ3) is 5.06. The molecule has 1 aliphatic heterocycles. The number of carbonyl (C=O) groups is 1. The van der Waals surface area contributed by atoms with Crippen LogP contribution in [-0.4, -0.2) is 55.0 Å². The molecule has 0 saturated carbocycles. The van der Waals surface area contributed by atoms with Crippen molar-refractivity contribution in [3.8, 4) is 11.3 Å². The molecule has 1 aromatic heterocycles. The number of hydrogen-bond acceptors (Lipinski definition) is 5. The molecule has 1 aliphatic rings. The van der Waals surface area contributed by atoms with Gasteiger partial charge < -0.3 is 24.4 Å². The van der Waals surface area contributed by atoms with Gasteiger partial charge >= 0.3 is 6.03 Å². The molecule has 7 nitrogen and oxygen atoms in total. The number of amides is 2. The Morgan fingerprint density at radius 1 is 1.31 bits per heavy atom. The largest absolute Gasteiger partial charge is 0.378 e. The number of hydrogen-bond donors (Lipinski definition) is 1. The van der Waals surface area contributed by atoms with Gasteiger partial charge in [-0.05, 0) is 32.4 Å². The van der Waals surface area contributed by atoms with Gasteiger partial charge in [0.25, 0.3) is 0 Å². The van der Waals surface area contributed by atoms with Crippen molar-refractivity contribution in [1.29, 1.82) is 0 Å². The molecule has 2 aromatic rings. The first kappa shape index (κ1) is 21.1. The quantitative estimate of drug-likeness (QED) is 0.763. The lowest BCUT2D eigenvalue weighted by Crippen LogP contribution is -2.43. The molecular formula is C21H29FN4O3. The van der Waals surface area contributed by atoms with Gasteiger partial charge in [-0.25, -0.2) is 9.18 Å². The Labute approximate surface area is 170 Å². The minimum atomic E-state index is -0.371. The maximum atomic E-state index is 14.5. The van der Waals surface area contributed by atoms with Crippen LogP contribution in [0.5, 0.6) is 0 Å². The van der Waals surface area contributed by atoms with Crippen LogP contribution in [0.25, 0.3) is 11.3 Å². The number of benzene rings is 1. The summed E-state index contributed by atoms with van der Waals surface area (Å²) in [5.41, 5.74) is 1.51. The van der Waals surface area contributed by atoms with E-state index in [4.69, 9.17) is 9.26 Å². The van der Waals surface area contributed by atoms with Gasteiger partial charge in [0.15, 0.2) is 0 Å². The number of aromatic nitrogens is 1. The smallest absolute Gasteiger partial charge is 0.317 e. The van der Waals surface area contributed by atoms with E-state index in [1.54, 1.807) is 23.1 Å². The second kappa shape index (κ2) is 9.73. The fraction of sp³-hybridized carbons (Fsp3) is 0.524. The van der Waals surface area contributed by atoms with Gasteiger partial charge in [-0.1, -0.05) is 24.2 Å². The molecule has 158 valence electrons. The highest BCUT2D eigenvalue weighted by molar-refractivity contribution is 5.76. The van der Waals surface area contributed by atoms with Gasteiger partial charge in [0.05, 0.1) is 25.3 Å². The van der Waals surface area contributed by atoms with Gasteiger partial charge in [-0.15, -0.1) is 0 Å². The topological polar surface area (TPSA) is 70.8 Å². The van der Waals surface area contributed by atoms with Crippen molar-refractivity contribution in [2.24, 2.45) is 0 Å². The summed E-state index contributed by atoms with van der Waals surface area (Å²) in [5.74, 6) is 0.203. The van der Waals surface area contributed by atoms with E-state index in [9.17, 15) is 9.18 Å². The van der Waals surface area contributed by atoms with Crippen LogP contribution in [0.2, 0.25) is 0 Å². The summed E-state index contributed by atoms with van der Waals surface area (Å²) in [6, 6.07) is 6.35. The number of urea groups is 1. The van der Waals surface area contributed by atoms with Crippen LogP contribution < -0.4 is 10.2 Å². The average Bonchev–Trinajstić information content (AvgIpc) is 3.11. The highest BCUT2D eigenvalue weighted by Gasteiger charge is 2.28. The Kier molecular flexibility index (Phi) is 7.09. The highest BCUT2D eigenvalue weighted by Crippen LogP contribution is 2.34. The number of halogens is 1. The lowest BCUT2D eigenvalue weighted by Gasteiger charge is -2.28. The van der Waals surface area contributed by atoms with E-state index in [0.29, 0.717) is 55.6 Å². The van der Waals surface area contributed by atoms with Crippen LogP contribution in [0.15, 0.2) is 28.8 Å². The first-order chi connectivity index (χ1) is 14.0. The zero-order chi connectivity index (χ0) is 20.8. The van der Waals surface area contributed by atoms with Crippen molar-refractivity contribution in [2.45, 2.75) is 39.8 Å². The number of ether oxygens (including phenoxy) is 1. The molecule has 2 amide bonds. The molecule has 2 heterocycles. The Bertz CT molecular complexity index is 818. The second-order valence-corrected chi connectivity index (χ2v) is 7.42. The molecule has 1 saturated heterocycles. The first-order valence-electron chi connectivity index (χ1n) is 10.1. The van der Waals surface area contributed by atoms with E-state index < -0.39 is 0 Å². The van der Waals surface area contributed by atoms with Crippen molar-refractivity contribution in [1.82, 2.24) is 15.4 Å². The van der Waals surface area contributed by atoms with Gasteiger partial charge in [0, 0.05) is 31.2 Å². The lowest BCUT2D eigenvalue weighted by atomic mass is 10.1. The molecule has 1 aromatic carbocycles. The minimum absolute atomic E-state index is 0.0223. The molecule has 0 spiro atoms. The van der Waals surface area contributed by atoms with Crippen molar-refractivity contribution >= 4 is 11.9 Å². The summed E-state index contributed by atoms with van der Waals surface area (Å²) in [5, 5.41) is 7.14. The van der Waals surface area contributed by atoms with Crippen molar-refractivity contribution in [3.05, 3.63) is 35.6 Å². The molecular weight excluding hydrogens is 375 g/mol. The van der Waals surface area contributed by atoms with Crippen LogP contribution in [0.3, 0.4) is 0 Å². The molecule has 3 rings (SSSR count). The van der Waals surface area contributed by atoms with E-state index in [2.05, 4.69) is 10.5 Å². The maximum absolute atomic E-state index is 14.5. The number of morpholine rings is 1. The first-order valence-corrected chi connectivity index (χ1v) is 10.1. The van der Waals surface area contributed by atoms with Crippen molar-refractivity contribution < 1.29 is 18.4 Å². The summed E-state index contributed by atoms with van der Waals surface area (Å²) in [7, 11) is 0. The van der Waals surface area contributed by atoms with Crippen LogP contribution in [0, 0.1) is 5.82 Å². The Morgan fingerprint density at radius 2 is 2.03 bits per heavy atom. The molecule has 0 bridgehead atoms. The second-order valence-electron chi connectivity index (χ2n) is 7.42. The minimum Gasteiger partial charge on any atom is -0.378 e. The van der Waals surface area contributed by atoms with Gasteiger partial charge in [-0.3, -0.25) is 0 Å². The molecule has 0 unspecified atom stereocenters. The number of carbonyl (C=O) groups excluding carboxylic acids is 1. The summed E-state index contributed by atoms with van der Waals surface area (Å²) >= 11 is 0. The Morgan fingerprint density at radius 3 is 2.69 bits per heavy atom. The molecule has 1 N–H and O–H groups in total. The summed E-state index contributed by atoms with van der Waals surface area (Å²) in [6.07, 6.45) is 0.804.